The average Bonchev–Trinajstić information content (AvgIpc) is 3.13. The van der Waals surface area contributed by atoms with E-state index in [0.717, 1.165) is 34.5 Å². The summed E-state index contributed by atoms with van der Waals surface area (Å²) in [5.74, 6) is 2.18. The van der Waals surface area contributed by atoms with Crippen LogP contribution in [0.15, 0.2) is 29.6 Å². The van der Waals surface area contributed by atoms with Crippen molar-refractivity contribution in [2.75, 3.05) is 21.2 Å². The number of hydrogen-bond donors (Lipinski definition) is 0. The van der Waals surface area contributed by atoms with Crippen molar-refractivity contribution in [3.8, 4) is 23.0 Å². The number of benzene rings is 1. The van der Waals surface area contributed by atoms with E-state index in [2.05, 4.69) is 20.0 Å². The van der Waals surface area contributed by atoms with E-state index in [9.17, 15) is 0 Å². The van der Waals surface area contributed by atoms with E-state index in [1.54, 1.807) is 23.1 Å². The zero-order chi connectivity index (χ0) is 16.4. The summed E-state index contributed by atoms with van der Waals surface area (Å²) in [4.78, 5) is 11.3. The van der Waals surface area contributed by atoms with Gasteiger partial charge in [0.05, 0.1) is 7.11 Å². The topological polar surface area (TPSA) is 56.1 Å². The number of rotatable bonds is 5. The van der Waals surface area contributed by atoms with E-state index >= 15 is 0 Å². The lowest BCUT2D eigenvalue weighted by molar-refractivity contribution is 0.401. The quantitative estimate of drug-likeness (QED) is 0.720. The second-order valence-corrected chi connectivity index (χ2v) is 6.37. The van der Waals surface area contributed by atoms with Crippen LogP contribution in [0.5, 0.6) is 5.75 Å². The van der Waals surface area contributed by atoms with Crippen LogP contribution in [0.2, 0.25) is 0 Å². The summed E-state index contributed by atoms with van der Waals surface area (Å²) in [6.45, 7) is 2.69. The maximum atomic E-state index is 5.44. The van der Waals surface area contributed by atoms with E-state index < -0.39 is 0 Å². The van der Waals surface area contributed by atoms with Crippen molar-refractivity contribution >= 4 is 11.3 Å². The zero-order valence-corrected chi connectivity index (χ0v) is 14.5. The molecule has 0 fully saturated rings. The van der Waals surface area contributed by atoms with Crippen molar-refractivity contribution in [1.29, 1.82) is 0 Å². The van der Waals surface area contributed by atoms with Gasteiger partial charge in [0.25, 0.3) is 0 Å². The molecule has 0 aliphatic rings. The van der Waals surface area contributed by atoms with Crippen LogP contribution in [0.1, 0.15) is 10.8 Å². The van der Waals surface area contributed by atoms with Crippen molar-refractivity contribution in [2.24, 2.45) is 0 Å². The van der Waals surface area contributed by atoms with Crippen LogP contribution in [0.3, 0.4) is 0 Å². The number of ether oxygens (including phenoxy) is 1. The molecule has 7 heteroatoms. The molecule has 0 bridgehead atoms. The number of nitrogens with zero attached hydrogens (tertiary/aromatic N) is 5. The molecule has 0 aliphatic carbocycles. The van der Waals surface area contributed by atoms with Crippen LogP contribution in [-0.2, 0) is 6.54 Å². The van der Waals surface area contributed by atoms with Crippen LogP contribution in [0.25, 0.3) is 17.2 Å². The van der Waals surface area contributed by atoms with Gasteiger partial charge in [-0.05, 0) is 33.2 Å². The van der Waals surface area contributed by atoms with E-state index in [4.69, 9.17) is 4.74 Å². The summed E-state index contributed by atoms with van der Waals surface area (Å²) in [7, 11) is 5.71. The Morgan fingerprint density at radius 1 is 1.22 bits per heavy atom. The zero-order valence-electron chi connectivity index (χ0n) is 13.6. The Kier molecular flexibility index (Phi) is 4.40. The van der Waals surface area contributed by atoms with Gasteiger partial charge in [0.15, 0.2) is 5.82 Å². The monoisotopic (exact) mass is 329 g/mol. The number of hydrogen-bond acceptors (Lipinski definition) is 6. The first-order valence-electron chi connectivity index (χ1n) is 7.25. The third kappa shape index (κ3) is 3.25. The molecule has 3 aromatic rings. The predicted molar refractivity (Wildman–Crippen MR) is 91.1 cm³/mol. The van der Waals surface area contributed by atoms with Crippen molar-refractivity contribution < 1.29 is 4.74 Å². The van der Waals surface area contributed by atoms with Crippen molar-refractivity contribution in [3.63, 3.8) is 0 Å². The highest BCUT2D eigenvalue weighted by molar-refractivity contribution is 7.09. The molecule has 0 aliphatic heterocycles. The van der Waals surface area contributed by atoms with Crippen molar-refractivity contribution in [1.82, 2.24) is 24.6 Å². The molecular weight excluding hydrogens is 310 g/mol. The van der Waals surface area contributed by atoms with Gasteiger partial charge in [-0.15, -0.1) is 11.3 Å². The Labute approximate surface area is 139 Å². The van der Waals surface area contributed by atoms with Crippen LogP contribution < -0.4 is 4.74 Å². The Hall–Kier alpha value is -2.25. The summed E-state index contributed by atoms with van der Waals surface area (Å²) < 4.78 is 7.24. The first-order chi connectivity index (χ1) is 11.1. The molecule has 23 heavy (non-hydrogen) atoms. The molecule has 2 aromatic heterocycles. The molecule has 1 aromatic carbocycles. The van der Waals surface area contributed by atoms with Crippen LogP contribution in [0.4, 0.5) is 0 Å². The van der Waals surface area contributed by atoms with Gasteiger partial charge < -0.3 is 9.64 Å². The predicted octanol–water partition coefficient (Wildman–Crippen LogP) is 2.77. The number of para-hydroxylation sites is 2. The molecule has 2 heterocycles. The van der Waals surface area contributed by atoms with Crippen LogP contribution in [-0.4, -0.2) is 45.9 Å². The number of aryl methyl sites for hydroxylation is 1. The normalized spacial score (nSPS) is 11.2. The van der Waals surface area contributed by atoms with Gasteiger partial charge in [0.2, 0.25) is 0 Å². The van der Waals surface area contributed by atoms with Gasteiger partial charge in [-0.1, -0.05) is 12.1 Å². The molecule has 3 rings (SSSR count). The smallest absolute Gasteiger partial charge is 0.182 e. The summed E-state index contributed by atoms with van der Waals surface area (Å²) >= 11 is 1.63. The highest BCUT2D eigenvalue weighted by Crippen LogP contribution is 2.28. The van der Waals surface area contributed by atoms with Gasteiger partial charge in [-0.2, -0.15) is 5.10 Å². The maximum absolute atomic E-state index is 5.44. The fourth-order valence-corrected chi connectivity index (χ4v) is 3.20. The first kappa shape index (κ1) is 15.6. The third-order valence-corrected chi connectivity index (χ3v) is 4.09. The Bertz CT molecular complexity index is 808. The molecule has 0 saturated carbocycles. The molecule has 0 unspecified atom stereocenters. The third-order valence-electron chi connectivity index (χ3n) is 3.26. The Balaban J connectivity index is 2.06. The number of aromatic nitrogens is 4. The average molecular weight is 329 g/mol. The fraction of sp³-hybridized carbons (Fsp3) is 0.312. The van der Waals surface area contributed by atoms with Gasteiger partial charge >= 0.3 is 0 Å². The minimum atomic E-state index is 0.702. The second kappa shape index (κ2) is 6.47. The summed E-state index contributed by atoms with van der Waals surface area (Å²) in [5, 5.41) is 7.59. The molecule has 0 N–H and O–H groups in total. The Morgan fingerprint density at radius 3 is 2.74 bits per heavy atom. The number of thiazole rings is 1. The largest absolute Gasteiger partial charge is 0.494 e. The van der Waals surface area contributed by atoms with Gasteiger partial charge in [-0.25, -0.2) is 14.6 Å². The van der Waals surface area contributed by atoms with Crippen molar-refractivity contribution in [3.05, 3.63) is 40.5 Å². The molecule has 6 nitrogen and oxygen atoms in total. The van der Waals surface area contributed by atoms with E-state index in [-0.39, 0.29) is 0 Å². The lowest BCUT2D eigenvalue weighted by Crippen LogP contribution is -2.10. The second-order valence-electron chi connectivity index (χ2n) is 5.43. The van der Waals surface area contributed by atoms with Gasteiger partial charge in [0, 0.05) is 11.9 Å². The molecule has 0 spiro atoms. The minimum absolute atomic E-state index is 0.702. The van der Waals surface area contributed by atoms with E-state index in [1.165, 1.54) is 0 Å². The van der Waals surface area contributed by atoms with E-state index in [1.807, 2.05) is 50.7 Å². The number of methoxy groups -OCH3 is 1. The van der Waals surface area contributed by atoms with Gasteiger partial charge in [-0.3, -0.25) is 0 Å². The lowest BCUT2D eigenvalue weighted by atomic mass is 10.3. The van der Waals surface area contributed by atoms with Crippen LogP contribution in [0, 0.1) is 6.92 Å². The lowest BCUT2D eigenvalue weighted by Gasteiger charge is -2.09. The fourth-order valence-electron chi connectivity index (χ4n) is 2.31. The van der Waals surface area contributed by atoms with Crippen LogP contribution >= 0.6 is 11.3 Å². The first-order valence-corrected chi connectivity index (χ1v) is 8.13. The maximum Gasteiger partial charge on any atom is 0.182 e. The molecular formula is C16H19N5OS. The summed E-state index contributed by atoms with van der Waals surface area (Å²) in [5.41, 5.74) is 1.69. The molecule has 0 amide bonds. The molecule has 0 atom stereocenters. The van der Waals surface area contributed by atoms with Gasteiger partial charge in [0.1, 0.15) is 28.0 Å². The molecule has 0 saturated heterocycles. The van der Waals surface area contributed by atoms with E-state index in [0.29, 0.717) is 5.82 Å². The minimum Gasteiger partial charge on any atom is -0.494 e. The SMILES string of the molecule is COc1ccccc1-n1nc(C)nc1-c1csc(CN(C)C)n1. The highest BCUT2D eigenvalue weighted by Gasteiger charge is 2.17. The summed E-state index contributed by atoms with van der Waals surface area (Å²) in [6, 6.07) is 7.76. The molecule has 120 valence electrons. The molecule has 0 radical (unpaired) electrons. The standard InChI is InChI=1S/C16H19N5OS/c1-11-17-16(12-10-23-15(18-12)9-20(2)3)21(19-11)13-7-5-6-8-14(13)22-4/h5-8,10H,9H2,1-4H3. The highest BCUT2D eigenvalue weighted by atomic mass is 32.1. The summed E-state index contributed by atoms with van der Waals surface area (Å²) in [6.07, 6.45) is 0. The van der Waals surface area contributed by atoms with Crippen molar-refractivity contribution in [2.45, 2.75) is 13.5 Å². The Morgan fingerprint density at radius 2 is 2.00 bits per heavy atom.